The number of anilines is 2. The number of amides is 1. The van der Waals surface area contributed by atoms with E-state index in [-0.39, 0.29) is 5.91 Å². The second-order valence-corrected chi connectivity index (χ2v) is 8.06. The fourth-order valence-electron chi connectivity index (χ4n) is 2.69. The molecule has 0 radical (unpaired) electrons. The number of hydrogen-bond acceptors (Lipinski definition) is 3. The molecule has 0 spiro atoms. The molecule has 0 bridgehead atoms. The van der Waals surface area contributed by atoms with Crippen molar-refractivity contribution in [3.05, 3.63) is 58.1 Å². The number of hydrogen-bond donors (Lipinski definition) is 1. The van der Waals surface area contributed by atoms with Gasteiger partial charge in [0.1, 0.15) is 0 Å². The zero-order valence-corrected chi connectivity index (χ0v) is 14.8. The second kappa shape index (κ2) is 5.98. The van der Waals surface area contributed by atoms with Crippen LogP contribution in [-0.2, 0) is 16.4 Å². The van der Waals surface area contributed by atoms with Crippen molar-refractivity contribution in [2.45, 2.75) is 6.42 Å². The van der Waals surface area contributed by atoms with Gasteiger partial charge >= 0.3 is 0 Å². The molecule has 0 saturated carbocycles. The van der Waals surface area contributed by atoms with Crippen LogP contribution in [0.5, 0.6) is 0 Å². The molecule has 0 aromatic heterocycles. The van der Waals surface area contributed by atoms with E-state index in [0.29, 0.717) is 17.8 Å². The monoisotopic (exact) mass is 394 g/mol. The fourth-order valence-corrected chi connectivity index (χ4v) is 3.67. The van der Waals surface area contributed by atoms with Crippen LogP contribution >= 0.6 is 15.9 Å². The van der Waals surface area contributed by atoms with E-state index in [1.807, 2.05) is 18.2 Å². The molecule has 3 rings (SSSR count). The molecular weight excluding hydrogens is 380 g/mol. The highest BCUT2D eigenvalue weighted by Gasteiger charge is 2.27. The Hall–Kier alpha value is -1.86. The van der Waals surface area contributed by atoms with E-state index < -0.39 is 10.0 Å². The molecule has 1 N–H and O–H groups in total. The minimum atomic E-state index is -3.45. The summed E-state index contributed by atoms with van der Waals surface area (Å²) in [4.78, 5) is 14.6. The van der Waals surface area contributed by atoms with Gasteiger partial charge in [-0.15, -0.1) is 0 Å². The first-order chi connectivity index (χ1) is 10.8. The van der Waals surface area contributed by atoms with E-state index in [9.17, 15) is 13.2 Å². The van der Waals surface area contributed by atoms with E-state index in [1.54, 1.807) is 29.2 Å². The molecule has 2 aromatic carbocycles. The van der Waals surface area contributed by atoms with Gasteiger partial charge in [0, 0.05) is 16.7 Å². The molecule has 0 atom stereocenters. The molecule has 7 heteroatoms. The van der Waals surface area contributed by atoms with Gasteiger partial charge in [-0.1, -0.05) is 28.1 Å². The van der Waals surface area contributed by atoms with Crippen LogP contribution in [0.1, 0.15) is 15.9 Å². The molecule has 0 fully saturated rings. The number of nitrogens with one attached hydrogen (secondary N) is 1. The number of halogens is 1. The van der Waals surface area contributed by atoms with Crippen molar-refractivity contribution in [2.75, 3.05) is 22.4 Å². The maximum absolute atomic E-state index is 12.9. The Bertz CT molecular complexity index is 881. The molecule has 23 heavy (non-hydrogen) atoms. The average Bonchev–Trinajstić information content (AvgIpc) is 2.88. The van der Waals surface area contributed by atoms with Gasteiger partial charge in [0.05, 0.1) is 17.5 Å². The van der Waals surface area contributed by atoms with Crippen LogP contribution in [0.2, 0.25) is 0 Å². The Morgan fingerprint density at radius 2 is 1.96 bits per heavy atom. The van der Waals surface area contributed by atoms with Crippen LogP contribution < -0.4 is 9.62 Å². The number of para-hydroxylation sites is 1. The molecule has 0 unspecified atom stereocenters. The van der Waals surface area contributed by atoms with E-state index in [2.05, 4.69) is 20.7 Å². The predicted octanol–water partition coefficient (Wildman–Crippen LogP) is 3.02. The fraction of sp³-hybridized carbons (Fsp3) is 0.188. The number of sulfonamides is 1. The van der Waals surface area contributed by atoms with Crippen LogP contribution in [-0.4, -0.2) is 27.1 Å². The van der Waals surface area contributed by atoms with Gasteiger partial charge in [0.25, 0.3) is 5.91 Å². The smallest absolute Gasteiger partial charge is 0.260 e. The summed E-state index contributed by atoms with van der Waals surface area (Å²) < 4.78 is 26.4. The quantitative estimate of drug-likeness (QED) is 0.869. The SMILES string of the molecule is CS(=O)(=O)Nc1ccccc1C(=O)N1CCc2cc(Br)ccc21. The van der Waals surface area contributed by atoms with Crippen LogP contribution in [0.3, 0.4) is 0 Å². The molecular formula is C16H15BrN2O3S. The lowest BCUT2D eigenvalue weighted by molar-refractivity contribution is 0.0990. The maximum Gasteiger partial charge on any atom is 0.260 e. The van der Waals surface area contributed by atoms with E-state index in [0.717, 1.165) is 28.4 Å². The average molecular weight is 395 g/mol. The highest BCUT2D eigenvalue weighted by Crippen LogP contribution is 2.32. The van der Waals surface area contributed by atoms with E-state index in [4.69, 9.17) is 0 Å². The van der Waals surface area contributed by atoms with Crippen molar-refractivity contribution in [3.8, 4) is 0 Å². The Morgan fingerprint density at radius 1 is 1.22 bits per heavy atom. The first-order valence-electron chi connectivity index (χ1n) is 7.02. The number of carbonyl (C=O) groups excluding carboxylic acids is 1. The Morgan fingerprint density at radius 3 is 2.70 bits per heavy atom. The lowest BCUT2D eigenvalue weighted by Crippen LogP contribution is -2.30. The summed E-state index contributed by atoms with van der Waals surface area (Å²) in [7, 11) is -3.45. The summed E-state index contributed by atoms with van der Waals surface area (Å²) in [6.45, 7) is 0.581. The van der Waals surface area contributed by atoms with Crippen LogP contribution in [0, 0.1) is 0 Å². The molecule has 0 aliphatic carbocycles. The minimum Gasteiger partial charge on any atom is -0.308 e. The standard InChI is InChI=1S/C16H15BrN2O3S/c1-23(21,22)18-14-5-3-2-4-13(14)16(20)19-9-8-11-10-12(17)6-7-15(11)19/h2-7,10,18H,8-9H2,1H3. The van der Waals surface area contributed by atoms with Crippen molar-refractivity contribution >= 4 is 43.2 Å². The normalized spacial score (nSPS) is 13.7. The zero-order chi connectivity index (χ0) is 16.6. The third kappa shape index (κ3) is 3.40. The van der Waals surface area contributed by atoms with Crippen molar-refractivity contribution in [1.82, 2.24) is 0 Å². The molecule has 2 aromatic rings. The summed E-state index contributed by atoms with van der Waals surface area (Å²) in [6, 6.07) is 12.4. The molecule has 1 amide bonds. The number of fused-ring (bicyclic) bond motifs is 1. The Balaban J connectivity index is 1.97. The predicted molar refractivity (Wildman–Crippen MR) is 94.4 cm³/mol. The molecule has 0 saturated heterocycles. The first-order valence-corrected chi connectivity index (χ1v) is 9.71. The summed E-state index contributed by atoms with van der Waals surface area (Å²) in [5.74, 6) is -0.210. The van der Waals surface area contributed by atoms with Crippen molar-refractivity contribution < 1.29 is 13.2 Å². The van der Waals surface area contributed by atoms with Gasteiger partial charge < -0.3 is 4.90 Å². The van der Waals surface area contributed by atoms with Crippen LogP contribution in [0.15, 0.2) is 46.9 Å². The van der Waals surface area contributed by atoms with Gasteiger partial charge in [0.2, 0.25) is 10.0 Å². The Kier molecular flexibility index (Phi) is 4.16. The lowest BCUT2D eigenvalue weighted by atomic mass is 10.1. The van der Waals surface area contributed by atoms with Gasteiger partial charge in [-0.2, -0.15) is 0 Å². The third-order valence-corrected chi connectivity index (χ3v) is 4.72. The minimum absolute atomic E-state index is 0.210. The second-order valence-electron chi connectivity index (χ2n) is 5.40. The van der Waals surface area contributed by atoms with Crippen LogP contribution in [0.25, 0.3) is 0 Å². The third-order valence-electron chi connectivity index (χ3n) is 3.64. The zero-order valence-electron chi connectivity index (χ0n) is 12.4. The molecule has 1 aliphatic heterocycles. The number of benzene rings is 2. The van der Waals surface area contributed by atoms with E-state index in [1.165, 1.54) is 0 Å². The van der Waals surface area contributed by atoms with Gasteiger partial charge in [-0.05, 0) is 42.3 Å². The van der Waals surface area contributed by atoms with Crippen molar-refractivity contribution in [2.24, 2.45) is 0 Å². The first kappa shape index (κ1) is 16.0. The maximum atomic E-state index is 12.9. The lowest BCUT2D eigenvalue weighted by Gasteiger charge is -2.19. The molecule has 1 heterocycles. The van der Waals surface area contributed by atoms with Crippen molar-refractivity contribution in [3.63, 3.8) is 0 Å². The molecule has 120 valence electrons. The summed E-state index contributed by atoms with van der Waals surface area (Å²) in [5, 5.41) is 0. The molecule has 1 aliphatic rings. The topological polar surface area (TPSA) is 66.5 Å². The van der Waals surface area contributed by atoms with Crippen molar-refractivity contribution in [1.29, 1.82) is 0 Å². The summed E-state index contributed by atoms with van der Waals surface area (Å²) in [6.07, 6.45) is 1.85. The van der Waals surface area contributed by atoms with Crippen LogP contribution in [0.4, 0.5) is 11.4 Å². The summed E-state index contributed by atoms with van der Waals surface area (Å²) >= 11 is 3.43. The largest absolute Gasteiger partial charge is 0.308 e. The summed E-state index contributed by atoms with van der Waals surface area (Å²) in [5.41, 5.74) is 2.60. The van der Waals surface area contributed by atoms with Gasteiger partial charge in [0.15, 0.2) is 0 Å². The number of nitrogens with zero attached hydrogens (tertiary/aromatic N) is 1. The highest BCUT2D eigenvalue weighted by molar-refractivity contribution is 9.10. The Labute approximate surface area is 143 Å². The highest BCUT2D eigenvalue weighted by atomic mass is 79.9. The number of carbonyl (C=O) groups is 1. The van der Waals surface area contributed by atoms with E-state index >= 15 is 0 Å². The van der Waals surface area contributed by atoms with Gasteiger partial charge in [-0.25, -0.2) is 8.42 Å². The number of rotatable bonds is 3. The van der Waals surface area contributed by atoms with Gasteiger partial charge in [-0.3, -0.25) is 9.52 Å². The molecule has 5 nitrogen and oxygen atoms in total.